The van der Waals surface area contributed by atoms with Crippen LogP contribution in [0.5, 0.6) is 0 Å². The number of benzene rings is 1. The van der Waals surface area contributed by atoms with E-state index in [4.69, 9.17) is 22.0 Å². The summed E-state index contributed by atoms with van der Waals surface area (Å²) in [6, 6.07) is 6.48. The number of nitriles is 1. The Hall–Kier alpha value is -2.32. The van der Waals surface area contributed by atoms with Gasteiger partial charge in [-0.2, -0.15) is 5.26 Å². The number of carboxylic acid groups (broad SMARTS) is 1. The van der Waals surface area contributed by atoms with Gasteiger partial charge in [0.05, 0.1) is 22.4 Å². The summed E-state index contributed by atoms with van der Waals surface area (Å²) in [6.45, 7) is 0. The van der Waals surface area contributed by atoms with Gasteiger partial charge in [0.15, 0.2) is 0 Å². The van der Waals surface area contributed by atoms with Gasteiger partial charge in [0.1, 0.15) is 6.07 Å². The van der Waals surface area contributed by atoms with Crippen LogP contribution in [-0.4, -0.2) is 17.0 Å². The highest BCUT2D eigenvalue weighted by molar-refractivity contribution is 6.32. The number of carbonyl (C=O) groups is 2. The van der Waals surface area contributed by atoms with Crippen LogP contribution < -0.4 is 5.32 Å². The molecule has 1 amide bonds. The van der Waals surface area contributed by atoms with Crippen molar-refractivity contribution in [1.82, 2.24) is 0 Å². The molecule has 0 heterocycles. The maximum Gasteiger partial charge on any atom is 0.307 e. The molecule has 108 valence electrons. The third-order valence-corrected chi connectivity index (χ3v) is 3.76. The van der Waals surface area contributed by atoms with Crippen molar-refractivity contribution in [2.75, 3.05) is 5.32 Å². The molecule has 1 aromatic carbocycles. The van der Waals surface area contributed by atoms with Crippen LogP contribution in [-0.2, 0) is 9.59 Å². The van der Waals surface area contributed by atoms with Crippen LogP contribution in [0.4, 0.5) is 5.69 Å². The Balaban J connectivity index is 2.14. The summed E-state index contributed by atoms with van der Waals surface area (Å²) >= 11 is 5.90. The lowest BCUT2D eigenvalue weighted by Gasteiger charge is -2.24. The molecule has 6 heteroatoms. The maximum atomic E-state index is 12.2. The van der Waals surface area contributed by atoms with Crippen LogP contribution in [0.1, 0.15) is 18.4 Å². The first-order valence-electron chi connectivity index (χ1n) is 6.41. The molecule has 2 N–H and O–H groups in total. The Kier molecular flexibility index (Phi) is 4.61. The Morgan fingerprint density at radius 3 is 2.52 bits per heavy atom. The van der Waals surface area contributed by atoms with Gasteiger partial charge in [-0.05, 0) is 31.0 Å². The number of nitrogens with one attached hydrogen (secondary N) is 1. The predicted octanol–water partition coefficient (Wildman–Crippen LogP) is 2.82. The zero-order valence-corrected chi connectivity index (χ0v) is 11.8. The molecule has 21 heavy (non-hydrogen) atoms. The molecule has 0 radical (unpaired) electrons. The van der Waals surface area contributed by atoms with Crippen LogP contribution in [0, 0.1) is 23.2 Å². The second kappa shape index (κ2) is 6.42. The number of carboxylic acids is 1. The molecule has 0 unspecified atom stereocenters. The van der Waals surface area contributed by atoms with Crippen LogP contribution in [0.15, 0.2) is 30.4 Å². The van der Waals surface area contributed by atoms with Crippen LogP contribution in [0.25, 0.3) is 0 Å². The number of aliphatic carboxylic acids is 1. The van der Waals surface area contributed by atoms with Crippen LogP contribution in [0.2, 0.25) is 5.02 Å². The summed E-state index contributed by atoms with van der Waals surface area (Å²) in [5.74, 6) is -2.66. The van der Waals surface area contributed by atoms with E-state index in [0.717, 1.165) is 0 Å². The van der Waals surface area contributed by atoms with E-state index in [1.807, 2.05) is 12.1 Å². The van der Waals surface area contributed by atoms with Crippen molar-refractivity contribution in [2.24, 2.45) is 11.8 Å². The van der Waals surface area contributed by atoms with Gasteiger partial charge in [-0.1, -0.05) is 23.8 Å². The van der Waals surface area contributed by atoms with E-state index in [-0.39, 0.29) is 10.9 Å². The largest absolute Gasteiger partial charge is 0.481 e. The Bertz CT molecular complexity index is 649. The minimum atomic E-state index is -0.975. The maximum absolute atomic E-state index is 12.2. The first kappa shape index (κ1) is 15.1. The van der Waals surface area contributed by atoms with Crippen LogP contribution in [0.3, 0.4) is 0 Å². The Morgan fingerprint density at radius 1 is 1.29 bits per heavy atom. The summed E-state index contributed by atoms with van der Waals surface area (Å²) in [5, 5.41) is 20.9. The highest BCUT2D eigenvalue weighted by Crippen LogP contribution is 2.28. The first-order chi connectivity index (χ1) is 10.0. The molecule has 0 aromatic heterocycles. The molecule has 1 aliphatic rings. The highest BCUT2D eigenvalue weighted by Gasteiger charge is 2.33. The summed E-state index contributed by atoms with van der Waals surface area (Å²) in [5.41, 5.74) is 0.765. The van der Waals surface area contributed by atoms with Crippen molar-refractivity contribution in [2.45, 2.75) is 12.8 Å². The molecule has 5 nitrogen and oxygen atoms in total. The third kappa shape index (κ3) is 3.41. The SMILES string of the molecule is N#Cc1ccc(NC(=O)[C@@H]2CC=CC[C@H]2C(=O)O)cc1Cl. The summed E-state index contributed by atoms with van der Waals surface area (Å²) in [7, 11) is 0. The standard InChI is InChI=1S/C15H13ClN2O3/c16-13-7-10(6-5-9(13)8-17)18-14(19)11-3-1-2-4-12(11)15(20)21/h1-2,5-7,11-12H,3-4H2,(H,18,19)(H,20,21)/t11-,12-/m1/s1. The fourth-order valence-corrected chi connectivity index (χ4v) is 2.52. The number of amides is 1. The molecule has 0 saturated carbocycles. The third-order valence-electron chi connectivity index (χ3n) is 3.44. The van der Waals surface area contributed by atoms with E-state index in [1.54, 1.807) is 12.1 Å². The van der Waals surface area contributed by atoms with Crippen molar-refractivity contribution < 1.29 is 14.7 Å². The topological polar surface area (TPSA) is 90.2 Å². The summed E-state index contributed by atoms with van der Waals surface area (Å²) in [6.07, 6.45) is 4.34. The van der Waals surface area contributed by atoms with Gasteiger partial charge < -0.3 is 10.4 Å². The van der Waals surface area contributed by atoms with Gasteiger partial charge in [-0.3, -0.25) is 9.59 Å². The smallest absolute Gasteiger partial charge is 0.307 e. The number of halogens is 1. The van der Waals surface area contributed by atoms with Crippen molar-refractivity contribution in [3.63, 3.8) is 0 Å². The molecule has 0 spiro atoms. The number of carbonyl (C=O) groups excluding carboxylic acids is 1. The second-order valence-corrected chi connectivity index (χ2v) is 5.20. The van der Waals surface area contributed by atoms with Gasteiger partial charge in [0, 0.05) is 5.69 Å². The molecule has 0 fully saturated rings. The van der Waals surface area contributed by atoms with Crippen molar-refractivity contribution in [1.29, 1.82) is 5.26 Å². The van der Waals surface area contributed by atoms with Crippen molar-refractivity contribution in [3.8, 4) is 6.07 Å². The van der Waals surface area contributed by atoms with E-state index < -0.39 is 17.8 Å². The van der Waals surface area contributed by atoms with E-state index >= 15 is 0 Å². The molecule has 2 atom stereocenters. The second-order valence-electron chi connectivity index (χ2n) is 4.79. The number of hydrogen-bond donors (Lipinski definition) is 2. The average molecular weight is 305 g/mol. The molecule has 2 rings (SSSR count). The van der Waals surface area contributed by atoms with Crippen molar-refractivity contribution >= 4 is 29.2 Å². The lowest BCUT2D eigenvalue weighted by Crippen LogP contribution is -2.34. The lowest BCUT2D eigenvalue weighted by molar-refractivity contribution is -0.146. The van der Waals surface area contributed by atoms with Gasteiger partial charge in [-0.15, -0.1) is 0 Å². The fourth-order valence-electron chi connectivity index (χ4n) is 2.30. The van der Waals surface area contributed by atoms with E-state index in [9.17, 15) is 9.59 Å². The molecule has 0 aliphatic heterocycles. The molecular weight excluding hydrogens is 292 g/mol. The zero-order chi connectivity index (χ0) is 15.4. The van der Waals surface area contributed by atoms with E-state index in [0.29, 0.717) is 24.1 Å². The van der Waals surface area contributed by atoms with E-state index in [1.165, 1.54) is 12.1 Å². The average Bonchev–Trinajstić information content (AvgIpc) is 2.47. The van der Waals surface area contributed by atoms with Gasteiger partial charge >= 0.3 is 5.97 Å². The molecule has 1 aromatic rings. The number of hydrogen-bond acceptors (Lipinski definition) is 3. The number of allylic oxidation sites excluding steroid dienone is 2. The van der Waals surface area contributed by atoms with E-state index in [2.05, 4.69) is 5.32 Å². The Labute approximate surface area is 126 Å². The number of rotatable bonds is 3. The monoisotopic (exact) mass is 304 g/mol. The number of anilines is 1. The van der Waals surface area contributed by atoms with Crippen LogP contribution >= 0.6 is 11.6 Å². The van der Waals surface area contributed by atoms with Crippen molar-refractivity contribution in [3.05, 3.63) is 40.9 Å². The lowest BCUT2D eigenvalue weighted by atomic mass is 9.82. The highest BCUT2D eigenvalue weighted by atomic mass is 35.5. The summed E-state index contributed by atoms with van der Waals surface area (Å²) in [4.78, 5) is 23.4. The molecule has 1 aliphatic carbocycles. The zero-order valence-electron chi connectivity index (χ0n) is 11.0. The van der Waals surface area contributed by atoms with Gasteiger partial charge in [0.2, 0.25) is 5.91 Å². The minimum Gasteiger partial charge on any atom is -0.481 e. The normalized spacial score (nSPS) is 20.6. The Morgan fingerprint density at radius 2 is 1.95 bits per heavy atom. The molecule has 0 saturated heterocycles. The number of nitrogens with zero attached hydrogens (tertiary/aromatic N) is 1. The molecular formula is C15H13ClN2O3. The first-order valence-corrected chi connectivity index (χ1v) is 6.79. The van der Waals surface area contributed by atoms with Gasteiger partial charge in [0.25, 0.3) is 0 Å². The molecule has 0 bridgehead atoms. The predicted molar refractivity (Wildman–Crippen MR) is 77.8 cm³/mol. The minimum absolute atomic E-state index is 0.244. The quantitative estimate of drug-likeness (QED) is 0.840. The fraction of sp³-hybridized carbons (Fsp3) is 0.267. The van der Waals surface area contributed by atoms with Gasteiger partial charge in [-0.25, -0.2) is 0 Å². The summed E-state index contributed by atoms with van der Waals surface area (Å²) < 4.78 is 0.